The average Bonchev–Trinajstić information content (AvgIpc) is 2.61. The molecule has 0 radical (unpaired) electrons. The molecule has 1 amide bonds. The van der Waals surface area contributed by atoms with Crippen molar-refractivity contribution in [2.45, 2.75) is 32.4 Å². The van der Waals surface area contributed by atoms with Crippen LogP contribution >= 0.6 is 15.9 Å². The number of halogens is 1. The fraction of sp³-hybridized carbons (Fsp3) is 0.263. The lowest BCUT2D eigenvalue weighted by molar-refractivity contribution is -0.713. The molecule has 0 saturated carbocycles. The third-order valence-corrected chi connectivity index (χ3v) is 4.48. The summed E-state index contributed by atoms with van der Waals surface area (Å²) in [6.07, 6.45) is 0.941. The van der Waals surface area contributed by atoms with Crippen LogP contribution in [0.25, 0.3) is 0 Å². The van der Waals surface area contributed by atoms with Gasteiger partial charge in [-0.2, -0.15) is 5.26 Å². The molecule has 2 aromatic carbocycles. The third kappa shape index (κ3) is 4.92. The van der Waals surface area contributed by atoms with Crippen molar-refractivity contribution in [1.29, 1.82) is 5.26 Å². The number of nitriles is 1. The van der Waals surface area contributed by atoms with E-state index in [9.17, 15) is 4.79 Å². The van der Waals surface area contributed by atoms with Crippen LogP contribution in [-0.2, 0) is 4.79 Å². The molecule has 0 fully saturated rings. The highest BCUT2D eigenvalue weighted by Crippen LogP contribution is 2.17. The van der Waals surface area contributed by atoms with Crippen LogP contribution in [0, 0.1) is 11.3 Å². The fourth-order valence-corrected chi connectivity index (χ4v) is 2.78. The Hall–Kier alpha value is -2.16. The minimum Gasteiger partial charge on any atom is -0.330 e. The second-order valence-electron chi connectivity index (χ2n) is 5.73. The van der Waals surface area contributed by atoms with E-state index in [1.165, 1.54) is 5.56 Å². The van der Waals surface area contributed by atoms with Crippen molar-refractivity contribution in [3.63, 3.8) is 0 Å². The molecule has 5 heteroatoms. The van der Waals surface area contributed by atoms with Gasteiger partial charge in [-0.05, 0) is 43.3 Å². The van der Waals surface area contributed by atoms with Crippen LogP contribution in [0.1, 0.15) is 37.4 Å². The summed E-state index contributed by atoms with van der Waals surface area (Å²) in [5, 5.41) is 13.8. The van der Waals surface area contributed by atoms with E-state index in [2.05, 4.69) is 51.7 Å². The highest BCUT2D eigenvalue weighted by atomic mass is 79.9. The zero-order valence-electron chi connectivity index (χ0n) is 13.8. The van der Waals surface area contributed by atoms with Crippen LogP contribution in [0.3, 0.4) is 0 Å². The maximum absolute atomic E-state index is 12.4. The summed E-state index contributed by atoms with van der Waals surface area (Å²) in [5.41, 5.74) is 2.49. The first-order valence-electron chi connectivity index (χ1n) is 7.95. The number of nitrogens with one attached hydrogen (secondary N) is 1. The van der Waals surface area contributed by atoms with Gasteiger partial charge >= 0.3 is 0 Å². The Morgan fingerprint density at radius 1 is 1.21 bits per heavy atom. The van der Waals surface area contributed by atoms with E-state index >= 15 is 0 Å². The number of rotatable bonds is 6. The molecule has 0 aliphatic carbocycles. The van der Waals surface area contributed by atoms with Crippen molar-refractivity contribution in [3.05, 3.63) is 64.1 Å². The van der Waals surface area contributed by atoms with E-state index in [-0.39, 0.29) is 18.0 Å². The first-order valence-corrected chi connectivity index (χ1v) is 8.74. The predicted octanol–water partition coefficient (Wildman–Crippen LogP) is 3.36. The topological polar surface area (TPSA) is 69.5 Å². The van der Waals surface area contributed by atoms with Gasteiger partial charge in [-0.15, -0.1) is 0 Å². The normalized spacial score (nSPS) is 12.9. The molecule has 3 N–H and O–H groups in total. The van der Waals surface area contributed by atoms with Gasteiger partial charge in [-0.3, -0.25) is 4.79 Å². The number of quaternary nitrogens is 1. The molecule has 0 heterocycles. The lowest BCUT2D eigenvalue weighted by Gasteiger charge is -2.19. The Labute approximate surface area is 151 Å². The first kappa shape index (κ1) is 18.2. The summed E-state index contributed by atoms with van der Waals surface area (Å²) in [7, 11) is 0. The van der Waals surface area contributed by atoms with Gasteiger partial charge < -0.3 is 10.6 Å². The maximum Gasteiger partial charge on any atom is 0.282 e. The van der Waals surface area contributed by atoms with Gasteiger partial charge in [0, 0.05) is 22.1 Å². The van der Waals surface area contributed by atoms with Crippen molar-refractivity contribution in [3.8, 4) is 6.07 Å². The van der Waals surface area contributed by atoms with Crippen molar-refractivity contribution in [2.24, 2.45) is 0 Å². The monoisotopic (exact) mass is 386 g/mol. The van der Waals surface area contributed by atoms with Crippen LogP contribution < -0.4 is 10.6 Å². The number of benzene rings is 2. The molecule has 0 saturated heterocycles. The van der Waals surface area contributed by atoms with Crippen molar-refractivity contribution in [2.75, 3.05) is 5.32 Å². The minimum absolute atomic E-state index is 0.0460. The molecule has 2 rings (SSSR count). The van der Waals surface area contributed by atoms with Gasteiger partial charge in [0.1, 0.15) is 6.04 Å². The highest BCUT2D eigenvalue weighted by Gasteiger charge is 2.22. The Morgan fingerprint density at radius 2 is 1.83 bits per heavy atom. The number of carbonyl (C=O) groups is 1. The number of amides is 1. The van der Waals surface area contributed by atoms with Crippen LogP contribution in [0.4, 0.5) is 5.69 Å². The largest absolute Gasteiger partial charge is 0.330 e. The molecule has 0 aliphatic heterocycles. The summed E-state index contributed by atoms with van der Waals surface area (Å²) in [5.74, 6) is -0.0460. The Morgan fingerprint density at radius 3 is 2.38 bits per heavy atom. The number of nitrogens with two attached hydrogens (primary N) is 1. The summed E-state index contributed by atoms with van der Waals surface area (Å²) < 4.78 is 1.05. The van der Waals surface area contributed by atoms with Crippen molar-refractivity contribution < 1.29 is 10.1 Å². The molecule has 0 aliphatic rings. The summed E-state index contributed by atoms with van der Waals surface area (Å²) >= 11 is 3.44. The number of hydrogen-bond donors (Lipinski definition) is 2. The molecule has 0 unspecified atom stereocenters. The zero-order valence-corrected chi connectivity index (χ0v) is 15.4. The molecular weight excluding hydrogens is 366 g/mol. The van der Waals surface area contributed by atoms with E-state index in [1.807, 2.05) is 19.1 Å². The maximum atomic E-state index is 12.4. The second-order valence-corrected chi connectivity index (χ2v) is 6.64. The lowest BCUT2D eigenvalue weighted by Crippen LogP contribution is -2.92. The van der Waals surface area contributed by atoms with Gasteiger partial charge in [0.15, 0.2) is 6.04 Å². The smallest absolute Gasteiger partial charge is 0.282 e. The number of hydrogen-bond acceptors (Lipinski definition) is 2. The fourth-order valence-electron chi connectivity index (χ4n) is 2.51. The minimum atomic E-state index is -0.214. The molecule has 0 spiro atoms. The quantitative estimate of drug-likeness (QED) is 0.798. The SMILES string of the molecule is CC[C@H]([NH2+][C@H](C)C(=O)Nc1ccc(C#N)cc1)c1ccc(Br)cc1. The van der Waals surface area contributed by atoms with Crippen LogP contribution in [0.2, 0.25) is 0 Å². The van der Waals surface area contributed by atoms with Gasteiger partial charge in [-0.25, -0.2) is 0 Å². The number of anilines is 1. The summed E-state index contributed by atoms with van der Waals surface area (Å²) in [4.78, 5) is 12.4. The molecule has 2 aromatic rings. The van der Waals surface area contributed by atoms with Gasteiger partial charge in [0.05, 0.1) is 11.6 Å². The van der Waals surface area contributed by atoms with Crippen LogP contribution in [-0.4, -0.2) is 11.9 Å². The van der Waals surface area contributed by atoms with E-state index < -0.39 is 0 Å². The summed E-state index contributed by atoms with van der Waals surface area (Å²) in [6.45, 7) is 4.02. The highest BCUT2D eigenvalue weighted by molar-refractivity contribution is 9.10. The van der Waals surface area contributed by atoms with Gasteiger partial charge in [0.2, 0.25) is 0 Å². The third-order valence-electron chi connectivity index (χ3n) is 3.95. The molecule has 4 nitrogen and oxygen atoms in total. The molecule has 124 valence electrons. The molecule has 0 bridgehead atoms. The van der Waals surface area contributed by atoms with E-state index in [0.717, 1.165) is 10.9 Å². The molecule has 2 atom stereocenters. The van der Waals surface area contributed by atoms with Gasteiger partial charge in [0.25, 0.3) is 5.91 Å². The number of carbonyl (C=O) groups excluding carboxylic acids is 1. The van der Waals surface area contributed by atoms with E-state index in [0.29, 0.717) is 11.3 Å². The van der Waals surface area contributed by atoms with Crippen molar-refractivity contribution >= 4 is 27.5 Å². The lowest BCUT2D eigenvalue weighted by atomic mass is 10.0. The van der Waals surface area contributed by atoms with Gasteiger partial charge in [-0.1, -0.05) is 35.0 Å². The molecular formula is C19H21BrN3O+. The van der Waals surface area contributed by atoms with Crippen LogP contribution in [0.5, 0.6) is 0 Å². The standard InChI is InChI=1S/C19H20BrN3O/c1-3-18(15-6-8-16(20)9-7-15)22-13(2)19(24)23-17-10-4-14(12-21)5-11-17/h4-11,13,18,22H,3H2,1-2H3,(H,23,24)/p+1/t13-,18+/m1/s1. The van der Waals surface area contributed by atoms with E-state index in [1.54, 1.807) is 24.3 Å². The van der Waals surface area contributed by atoms with Crippen LogP contribution in [0.15, 0.2) is 53.0 Å². The first-order chi connectivity index (χ1) is 11.5. The zero-order chi connectivity index (χ0) is 17.5. The van der Waals surface area contributed by atoms with E-state index in [4.69, 9.17) is 5.26 Å². The predicted molar refractivity (Wildman–Crippen MR) is 98.3 cm³/mol. The number of nitrogens with zero attached hydrogens (tertiary/aromatic N) is 1. The second kappa shape index (κ2) is 8.62. The molecule has 0 aromatic heterocycles. The Bertz CT molecular complexity index is 720. The Balaban J connectivity index is 1.98. The average molecular weight is 387 g/mol. The van der Waals surface area contributed by atoms with Crippen molar-refractivity contribution in [1.82, 2.24) is 0 Å². The Kier molecular flexibility index (Phi) is 6.53. The summed E-state index contributed by atoms with van der Waals surface area (Å²) in [6, 6.07) is 17.2. The molecule has 24 heavy (non-hydrogen) atoms.